The van der Waals surface area contributed by atoms with Crippen LogP contribution in [-0.2, 0) is 0 Å². The second-order valence-electron chi connectivity index (χ2n) is 4.37. The summed E-state index contributed by atoms with van der Waals surface area (Å²) in [5.41, 5.74) is 0.431. The summed E-state index contributed by atoms with van der Waals surface area (Å²) in [5.74, 6) is 0.646. The summed E-state index contributed by atoms with van der Waals surface area (Å²) < 4.78 is 10.9. The molecule has 0 aliphatic carbocycles. The first-order valence-corrected chi connectivity index (χ1v) is 6.19. The standard InChI is InChI=1S/C16H16O3/c1-12(2)18-15-11-7-6-10-14(15)16(17)19-13-8-4-3-5-9-13/h3-12H,1-2H3. The quantitative estimate of drug-likeness (QED) is 0.618. The van der Waals surface area contributed by atoms with Gasteiger partial charge in [0.05, 0.1) is 6.10 Å². The summed E-state index contributed by atoms with van der Waals surface area (Å²) in [4.78, 5) is 12.1. The van der Waals surface area contributed by atoms with Crippen molar-refractivity contribution in [2.45, 2.75) is 20.0 Å². The van der Waals surface area contributed by atoms with Crippen molar-refractivity contribution in [3.8, 4) is 11.5 Å². The van der Waals surface area contributed by atoms with Gasteiger partial charge in [-0.2, -0.15) is 0 Å². The maximum absolute atomic E-state index is 12.1. The molecule has 0 aliphatic heterocycles. The maximum atomic E-state index is 12.1. The summed E-state index contributed by atoms with van der Waals surface area (Å²) >= 11 is 0. The van der Waals surface area contributed by atoms with Crippen LogP contribution in [0.2, 0.25) is 0 Å². The van der Waals surface area contributed by atoms with Gasteiger partial charge in [0.15, 0.2) is 0 Å². The Hall–Kier alpha value is -2.29. The van der Waals surface area contributed by atoms with Crippen molar-refractivity contribution in [1.29, 1.82) is 0 Å². The Balaban J connectivity index is 2.19. The van der Waals surface area contributed by atoms with Crippen LogP contribution < -0.4 is 9.47 Å². The molecule has 0 aromatic heterocycles. The van der Waals surface area contributed by atoms with Gasteiger partial charge in [-0.25, -0.2) is 4.79 Å². The van der Waals surface area contributed by atoms with Crippen LogP contribution in [0.4, 0.5) is 0 Å². The van der Waals surface area contributed by atoms with Gasteiger partial charge in [0.2, 0.25) is 0 Å². The van der Waals surface area contributed by atoms with Crippen LogP contribution >= 0.6 is 0 Å². The number of carbonyl (C=O) groups excluding carboxylic acids is 1. The van der Waals surface area contributed by atoms with Crippen LogP contribution in [0.1, 0.15) is 24.2 Å². The van der Waals surface area contributed by atoms with E-state index in [1.54, 1.807) is 30.3 Å². The number of esters is 1. The molecule has 2 aromatic carbocycles. The molecule has 19 heavy (non-hydrogen) atoms. The van der Waals surface area contributed by atoms with Crippen LogP contribution in [0.3, 0.4) is 0 Å². The van der Waals surface area contributed by atoms with Crippen LogP contribution in [0, 0.1) is 0 Å². The third kappa shape index (κ3) is 3.58. The van der Waals surface area contributed by atoms with Crippen LogP contribution in [0.15, 0.2) is 54.6 Å². The molecule has 98 valence electrons. The van der Waals surface area contributed by atoms with Crippen molar-refractivity contribution >= 4 is 5.97 Å². The normalized spacial score (nSPS) is 10.3. The van der Waals surface area contributed by atoms with E-state index >= 15 is 0 Å². The highest BCUT2D eigenvalue weighted by Gasteiger charge is 2.15. The van der Waals surface area contributed by atoms with Crippen molar-refractivity contribution in [2.75, 3.05) is 0 Å². The Morgan fingerprint density at radius 1 is 0.947 bits per heavy atom. The Morgan fingerprint density at radius 2 is 1.58 bits per heavy atom. The SMILES string of the molecule is CC(C)Oc1ccccc1C(=O)Oc1ccccc1. The molecule has 2 aromatic rings. The fourth-order valence-electron chi connectivity index (χ4n) is 1.64. The average Bonchev–Trinajstić information content (AvgIpc) is 2.39. The molecular weight excluding hydrogens is 240 g/mol. The first-order chi connectivity index (χ1) is 9.16. The van der Waals surface area contributed by atoms with Gasteiger partial charge in [-0.1, -0.05) is 30.3 Å². The van der Waals surface area contributed by atoms with E-state index in [-0.39, 0.29) is 6.10 Å². The van der Waals surface area contributed by atoms with Gasteiger partial charge in [0.25, 0.3) is 0 Å². The third-order valence-corrected chi connectivity index (χ3v) is 2.42. The van der Waals surface area contributed by atoms with E-state index in [4.69, 9.17) is 9.47 Å². The fraction of sp³-hybridized carbons (Fsp3) is 0.188. The number of ether oxygens (including phenoxy) is 2. The first kappa shape index (κ1) is 13.1. The van der Waals surface area contributed by atoms with Gasteiger partial charge < -0.3 is 9.47 Å². The highest BCUT2D eigenvalue weighted by Crippen LogP contribution is 2.21. The second kappa shape index (κ2) is 6.05. The minimum absolute atomic E-state index is 0.00525. The Labute approximate surface area is 112 Å². The van der Waals surface area contributed by atoms with E-state index in [0.717, 1.165) is 0 Å². The number of hydrogen-bond donors (Lipinski definition) is 0. The molecule has 0 atom stereocenters. The lowest BCUT2D eigenvalue weighted by Crippen LogP contribution is -2.13. The molecule has 0 fully saturated rings. The lowest BCUT2D eigenvalue weighted by Gasteiger charge is -2.13. The Kier molecular flexibility index (Phi) is 4.18. The Bertz CT molecular complexity index is 547. The van der Waals surface area contributed by atoms with Crippen molar-refractivity contribution in [3.63, 3.8) is 0 Å². The molecule has 0 N–H and O–H groups in total. The molecule has 0 saturated carbocycles. The lowest BCUT2D eigenvalue weighted by atomic mass is 10.2. The monoisotopic (exact) mass is 256 g/mol. The number of carbonyl (C=O) groups is 1. The summed E-state index contributed by atoms with van der Waals surface area (Å²) in [6.45, 7) is 3.83. The van der Waals surface area contributed by atoms with Crippen LogP contribution in [0.25, 0.3) is 0 Å². The molecule has 3 heteroatoms. The second-order valence-corrected chi connectivity index (χ2v) is 4.37. The molecule has 0 aliphatic rings. The smallest absolute Gasteiger partial charge is 0.347 e. The van der Waals surface area contributed by atoms with Crippen molar-refractivity contribution in [3.05, 3.63) is 60.2 Å². The van der Waals surface area contributed by atoms with Gasteiger partial charge in [-0.05, 0) is 38.1 Å². The first-order valence-electron chi connectivity index (χ1n) is 6.19. The molecule has 3 nitrogen and oxygen atoms in total. The molecule has 0 radical (unpaired) electrons. The van der Waals surface area contributed by atoms with E-state index in [1.165, 1.54) is 0 Å². The minimum atomic E-state index is -0.414. The van der Waals surface area contributed by atoms with Gasteiger partial charge in [-0.3, -0.25) is 0 Å². The molecule has 0 unspecified atom stereocenters. The van der Waals surface area contributed by atoms with Crippen LogP contribution in [-0.4, -0.2) is 12.1 Å². The number of hydrogen-bond acceptors (Lipinski definition) is 3. The highest BCUT2D eigenvalue weighted by atomic mass is 16.5. The molecule has 2 rings (SSSR count). The molecule has 0 bridgehead atoms. The highest BCUT2D eigenvalue weighted by molar-refractivity contribution is 5.93. The van der Waals surface area contributed by atoms with E-state index < -0.39 is 5.97 Å². The zero-order valence-electron chi connectivity index (χ0n) is 11.0. The van der Waals surface area contributed by atoms with Crippen molar-refractivity contribution in [2.24, 2.45) is 0 Å². The third-order valence-electron chi connectivity index (χ3n) is 2.42. The number of benzene rings is 2. The lowest BCUT2D eigenvalue weighted by molar-refractivity contribution is 0.0728. The van der Waals surface area contributed by atoms with Gasteiger partial charge >= 0.3 is 5.97 Å². The van der Waals surface area contributed by atoms with Gasteiger partial charge in [0.1, 0.15) is 17.1 Å². The van der Waals surface area contributed by atoms with E-state index in [9.17, 15) is 4.79 Å². The largest absolute Gasteiger partial charge is 0.490 e. The molecule has 0 spiro atoms. The van der Waals surface area contributed by atoms with E-state index in [2.05, 4.69) is 0 Å². The van der Waals surface area contributed by atoms with Gasteiger partial charge in [0, 0.05) is 0 Å². The average molecular weight is 256 g/mol. The summed E-state index contributed by atoms with van der Waals surface area (Å²) in [5, 5.41) is 0. The Morgan fingerprint density at radius 3 is 2.26 bits per heavy atom. The molecule has 0 heterocycles. The molecule has 0 amide bonds. The zero-order chi connectivity index (χ0) is 13.7. The summed E-state index contributed by atoms with van der Waals surface area (Å²) in [6.07, 6.45) is 0.00525. The maximum Gasteiger partial charge on any atom is 0.347 e. The van der Waals surface area contributed by atoms with E-state index in [1.807, 2.05) is 38.1 Å². The van der Waals surface area contributed by atoms with Crippen LogP contribution in [0.5, 0.6) is 11.5 Å². The zero-order valence-corrected chi connectivity index (χ0v) is 11.0. The van der Waals surface area contributed by atoms with Gasteiger partial charge in [-0.15, -0.1) is 0 Å². The summed E-state index contributed by atoms with van der Waals surface area (Å²) in [7, 11) is 0. The topological polar surface area (TPSA) is 35.5 Å². The molecular formula is C16H16O3. The predicted octanol–water partition coefficient (Wildman–Crippen LogP) is 3.69. The number of para-hydroxylation sites is 2. The minimum Gasteiger partial charge on any atom is -0.490 e. The molecule has 0 saturated heterocycles. The predicted molar refractivity (Wildman–Crippen MR) is 73.6 cm³/mol. The summed E-state index contributed by atoms with van der Waals surface area (Å²) in [6, 6.07) is 16.1. The fourth-order valence-corrected chi connectivity index (χ4v) is 1.64. The number of rotatable bonds is 4. The van der Waals surface area contributed by atoms with E-state index in [0.29, 0.717) is 17.1 Å². The van der Waals surface area contributed by atoms with Crippen molar-refractivity contribution in [1.82, 2.24) is 0 Å². The van der Waals surface area contributed by atoms with Crippen molar-refractivity contribution < 1.29 is 14.3 Å².